The van der Waals surface area contributed by atoms with Gasteiger partial charge < -0.3 is 10.1 Å². The predicted octanol–water partition coefficient (Wildman–Crippen LogP) is 3.95. The third-order valence-corrected chi connectivity index (χ3v) is 4.47. The van der Waals surface area contributed by atoms with Crippen LogP contribution in [0.15, 0.2) is 24.3 Å². The summed E-state index contributed by atoms with van der Waals surface area (Å²) in [4.78, 5) is 0. The van der Waals surface area contributed by atoms with Crippen molar-refractivity contribution in [2.24, 2.45) is 5.92 Å². The molecule has 1 aliphatic heterocycles. The zero-order valence-electron chi connectivity index (χ0n) is 11.4. The van der Waals surface area contributed by atoms with E-state index >= 15 is 0 Å². The molecule has 0 spiro atoms. The van der Waals surface area contributed by atoms with E-state index in [1.165, 1.54) is 18.4 Å². The number of hydrogen-bond acceptors (Lipinski definition) is 2. The molecule has 0 aromatic heterocycles. The Morgan fingerprint density at radius 3 is 2.58 bits per heavy atom. The van der Waals surface area contributed by atoms with Gasteiger partial charge in [0.25, 0.3) is 0 Å². The van der Waals surface area contributed by atoms with E-state index in [1.807, 2.05) is 12.1 Å². The first-order valence-corrected chi connectivity index (χ1v) is 7.73. The van der Waals surface area contributed by atoms with Gasteiger partial charge in [0.15, 0.2) is 0 Å². The standard InChI is InChI=1S/C16H22ClNO/c1-11-10-15(8-9-19-11)18-16(12-2-3-12)13-4-6-14(17)7-5-13/h4-7,11-12,15-16,18H,2-3,8-10H2,1H3. The summed E-state index contributed by atoms with van der Waals surface area (Å²) in [6.07, 6.45) is 5.33. The Balaban J connectivity index is 1.69. The second kappa shape index (κ2) is 5.82. The van der Waals surface area contributed by atoms with E-state index in [2.05, 4.69) is 24.4 Å². The number of benzene rings is 1. The fourth-order valence-electron chi connectivity index (χ4n) is 3.01. The molecule has 2 nitrogen and oxygen atoms in total. The monoisotopic (exact) mass is 279 g/mol. The largest absolute Gasteiger partial charge is 0.378 e. The fourth-order valence-corrected chi connectivity index (χ4v) is 3.13. The van der Waals surface area contributed by atoms with Crippen LogP contribution in [0.25, 0.3) is 0 Å². The first kappa shape index (κ1) is 13.4. The second-order valence-corrected chi connectivity index (χ2v) is 6.37. The highest BCUT2D eigenvalue weighted by molar-refractivity contribution is 6.30. The van der Waals surface area contributed by atoms with Gasteiger partial charge in [0.1, 0.15) is 0 Å². The summed E-state index contributed by atoms with van der Waals surface area (Å²) in [5.74, 6) is 0.805. The van der Waals surface area contributed by atoms with Crippen LogP contribution < -0.4 is 5.32 Å². The van der Waals surface area contributed by atoms with Crippen molar-refractivity contribution >= 4 is 11.6 Å². The summed E-state index contributed by atoms with van der Waals surface area (Å²) < 4.78 is 5.63. The molecule has 3 unspecified atom stereocenters. The normalized spacial score (nSPS) is 29.2. The highest BCUT2D eigenvalue weighted by atomic mass is 35.5. The van der Waals surface area contributed by atoms with Crippen molar-refractivity contribution < 1.29 is 4.74 Å². The van der Waals surface area contributed by atoms with Crippen LogP contribution in [-0.2, 0) is 4.74 Å². The van der Waals surface area contributed by atoms with Crippen LogP contribution in [-0.4, -0.2) is 18.8 Å². The molecule has 2 fully saturated rings. The highest BCUT2D eigenvalue weighted by Crippen LogP contribution is 2.41. The van der Waals surface area contributed by atoms with E-state index in [1.54, 1.807) is 0 Å². The third-order valence-electron chi connectivity index (χ3n) is 4.22. The van der Waals surface area contributed by atoms with Crippen LogP contribution in [0.1, 0.15) is 44.2 Å². The Morgan fingerprint density at radius 2 is 1.95 bits per heavy atom. The average Bonchev–Trinajstić information content (AvgIpc) is 3.22. The van der Waals surface area contributed by atoms with Crippen molar-refractivity contribution in [3.8, 4) is 0 Å². The molecule has 1 aromatic rings. The molecule has 3 heteroatoms. The van der Waals surface area contributed by atoms with Gasteiger partial charge in [0.05, 0.1) is 6.10 Å². The van der Waals surface area contributed by atoms with Gasteiger partial charge in [-0.1, -0.05) is 23.7 Å². The van der Waals surface area contributed by atoms with Gasteiger partial charge in [-0.2, -0.15) is 0 Å². The SMILES string of the molecule is CC1CC(NC(c2ccc(Cl)cc2)C2CC2)CCO1. The molecule has 3 rings (SSSR count). The summed E-state index contributed by atoms with van der Waals surface area (Å²) in [6, 6.07) is 9.42. The van der Waals surface area contributed by atoms with Crippen molar-refractivity contribution in [2.45, 2.75) is 50.8 Å². The Kier molecular flexibility index (Phi) is 4.11. The maximum atomic E-state index is 5.99. The van der Waals surface area contributed by atoms with E-state index in [0.29, 0.717) is 18.2 Å². The summed E-state index contributed by atoms with van der Waals surface area (Å²) in [5, 5.41) is 4.68. The number of nitrogens with one attached hydrogen (secondary N) is 1. The van der Waals surface area contributed by atoms with Crippen molar-refractivity contribution in [1.82, 2.24) is 5.32 Å². The maximum absolute atomic E-state index is 5.99. The lowest BCUT2D eigenvalue weighted by atomic mass is 9.97. The molecular weight excluding hydrogens is 258 g/mol. The Bertz CT molecular complexity index is 415. The molecule has 1 aromatic carbocycles. The van der Waals surface area contributed by atoms with Crippen LogP contribution in [0.3, 0.4) is 0 Å². The number of ether oxygens (including phenoxy) is 1. The summed E-state index contributed by atoms with van der Waals surface area (Å²) in [7, 11) is 0. The van der Waals surface area contributed by atoms with Crippen molar-refractivity contribution in [3.63, 3.8) is 0 Å². The molecule has 1 saturated carbocycles. The maximum Gasteiger partial charge on any atom is 0.0561 e. The molecule has 2 aliphatic rings. The predicted molar refractivity (Wildman–Crippen MR) is 78.5 cm³/mol. The second-order valence-electron chi connectivity index (χ2n) is 5.94. The molecule has 0 radical (unpaired) electrons. The molecule has 3 atom stereocenters. The van der Waals surface area contributed by atoms with Crippen LogP contribution in [0.2, 0.25) is 5.02 Å². The van der Waals surface area contributed by atoms with Crippen LogP contribution in [0.5, 0.6) is 0 Å². The number of hydrogen-bond donors (Lipinski definition) is 1. The Hall–Kier alpha value is -0.570. The molecule has 1 N–H and O–H groups in total. The number of rotatable bonds is 4. The minimum atomic E-state index is 0.385. The minimum Gasteiger partial charge on any atom is -0.378 e. The highest BCUT2D eigenvalue weighted by Gasteiger charge is 2.34. The fraction of sp³-hybridized carbons (Fsp3) is 0.625. The van der Waals surface area contributed by atoms with E-state index in [-0.39, 0.29) is 0 Å². The van der Waals surface area contributed by atoms with Crippen LogP contribution in [0, 0.1) is 5.92 Å². The zero-order chi connectivity index (χ0) is 13.2. The van der Waals surface area contributed by atoms with E-state index in [4.69, 9.17) is 16.3 Å². The number of halogens is 1. The molecule has 0 amide bonds. The van der Waals surface area contributed by atoms with Gasteiger partial charge in [-0.05, 0) is 56.2 Å². The minimum absolute atomic E-state index is 0.385. The summed E-state index contributed by atoms with van der Waals surface area (Å²) >= 11 is 5.99. The van der Waals surface area contributed by atoms with Crippen molar-refractivity contribution in [2.75, 3.05) is 6.61 Å². The van der Waals surface area contributed by atoms with Gasteiger partial charge in [-0.15, -0.1) is 0 Å². The first-order chi connectivity index (χ1) is 9.22. The van der Waals surface area contributed by atoms with Gasteiger partial charge in [-0.3, -0.25) is 0 Å². The smallest absolute Gasteiger partial charge is 0.0561 e. The topological polar surface area (TPSA) is 21.3 Å². The Morgan fingerprint density at radius 1 is 1.21 bits per heavy atom. The quantitative estimate of drug-likeness (QED) is 0.901. The molecular formula is C16H22ClNO. The average molecular weight is 280 g/mol. The Labute approximate surface area is 120 Å². The van der Waals surface area contributed by atoms with Gasteiger partial charge in [0.2, 0.25) is 0 Å². The first-order valence-electron chi connectivity index (χ1n) is 7.35. The van der Waals surface area contributed by atoms with Crippen molar-refractivity contribution in [1.29, 1.82) is 0 Å². The third kappa shape index (κ3) is 3.50. The van der Waals surface area contributed by atoms with Crippen LogP contribution in [0.4, 0.5) is 0 Å². The molecule has 104 valence electrons. The zero-order valence-corrected chi connectivity index (χ0v) is 12.2. The van der Waals surface area contributed by atoms with Gasteiger partial charge in [-0.25, -0.2) is 0 Å². The summed E-state index contributed by atoms with van der Waals surface area (Å²) in [5.41, 5.74) is 1.38. The molecule has 19 heavy (non-hydrogen) atoms. The molecule has 0 bridgehead atoms. The van der Waals surface area contributed by atoms with E-state index < -0.39 is 0 Å². The molecule has 1 heterocycles. The van der Waals surface area contributed by atoms with Crippen molar-refractivity contribution in [3.05, 3.63) is 34.9 Å². The lowest BCUT2D eigenvalue weighted by Gasteiger charge is -2.32. The lowest BCUT2D eigenvalue weighted by molar-refractivity contribution is 0.0106. The van der Waals surface area contributed by atoms with Gasteiger partial charge in [0, 0.05) is 23.7 Å². The molecule has 1 aliphatic carbocycles. The summed E-state index contributed by atoms with van der Waals surface area (Å²) in [6.45, 7) is 3.05. The van der Waals surface area contributed by atoms with Crippen LogP contribution >= 0.6 is 11.6 Å². The van der Waals surface area contributed by atoms with Gasteiger partial charge >= 0.3 is 0 Å². The van der Waals surface area contributed by atoms with E-state index in [9.17, 15) is 0 Å². The molecule has 1 saturated heterocycles. The lowest BCUT2D eigenvalue weighted by Crippen LogP contribution is -2.40. The van der Waals surface area contributed by atoms with E-state index in [0.717, 1.165) is 30.4 Å².